The minimum atomic E-state index is -3.18. The molecule has 1 unspecified atom stereocenters. The van der Waals surface area contributed by atoms with Crippen molar-refractivity contribution < 1.29 is 17.9 Å². The maximum absolute atomic E-state index is 12.4. The highest BCUT2D eigenvalue weighted by atomic mass is 32.2. The fourth-order valence-corrected chi connectivity index (χ4v) is 6.13. The van der Waals surface area contributed by atoms with Gasteiger partial charge in [-0.3, -0.25) is 0 Å². The first-order chi connectivity index (χ1) is 12.7. The second-order valence-electron chi connectivity index (χ2n) is 7.13. The van der Waals surface area contributed by atoms with Crippen molar-refractivity contribution in [3.63, 3.8) is 0 Å². The Morgan fingerprint density at radius 1 is 1.30 bits per heavy atom. The molecule has 1 aliphatic heterocycles. The van der Waals surface area contributed by atoms with Crippen LogP contribution < -0.4 is 5.32 Å². The normalized spacial score (nSPS) is 20.9. The molecular weight excluding hydrogens is 406 g/mol. The number of fused-ring (bicyclic) bond motifs is 1. The molecule has 1 N–H and O–H groups in total. The lowest BCUT2D eigenvalue weighted by molar-refractivity contribution is 0.0600. The van der Waals surface area contributed by atoms with Gasteiger partial charge >= 0.3 is 5.97 Å². The summed E-state index contributed by atoms with van der Waals surface area (Å²) in [7, 11) is -1.79. The zero-order chi connectivity index (χ0) is 19.8. The van der Waals surface area contributed by atoms with E-state index in [4.69, 9.17) is 17.0 Å². The van der Waals surface area contributed by atoms with Gasteiger partial charge in [0.1, 0.15) is 5.00 Å². The van der Waals surface area contributed by atoms with Crippen LogP contribution in [0.1, 0.15) is 34.1 Å². The SMILES string of the molecule is COC(=O)c1c(NC(=S)N2CCN(S(C)(=O)=O)CC2)sc2c1CCC(C)C2. The molecule has 0 saturated carbocycles. The van der Waals surface area contributed by atoms with E-state index in [1.807, 2.05) is 4.90 Å². The third-order valence-electron chi connectivity index (χ3n) is 5.12. The smallest absolute Gasteiger partial charge is 0.341 e. The van der Waals surface area contributed by atoms with E-state index in [0.717, 1.165) is 29.8 Å². The Kier molecular flexibility index (Phi) is 6.09. The average Bonchev–Trinajstić information content (AvgIpc) is 2.97. The molecule has 1 aromatic rings. The van der Waals surface area contributed by atoms with Crippen LogP contribution in [0.3, 0.4) is 0 Å². The van der Waals surface area contributed by atoms with Crippen LogP contribution in [0.25, 0.3) is 0 Å². The number of ether oxygens (including phenoxy) is 1. The van der Waals surface area contributed by atoms with E-state index in [-0.39, 0.29) is 5.97 Å². The van der Waals surface area contributed by atoms with E-state index in [2.05, 4.69) is 12.2 Å². The van der Waals surface area contributed by atoms with E-state index >= 15 is 0 Å². The van der Waals surface area contributed by atoms with Gasteiger partial charge in [0.05, 0.1) is 18.9 Å². The number of carbonyl (C=O) groups is 1. The zero-order valence-corrected chi connectivity index (χ0v) is 18.2. The number of hydrogen-bond donors (Lipinski definition) is 1. The van der Waals surface area contributed by atoms with Crippen LogP contribution in [0.4, 0.5) is 5.00 Å². The first kappa shape index (κ1) is 20.5. The fraction of sp³-hybridized carbons (Fsp3) is 0.647. The molecule has 0 aromatic carbocycles. The van der Waals surface area contributed by atoms with Crippen LogP contribution in [0.5, 0.6) is 0 Å². The second kappa shape index (κ2) is 8.02. The Balaban J connectivity index is 1.75. The number of anilines is 1. The number of nitrogens with zero attached hydrogens (tertiary/aromatic N) is 2. The van der Waals surface area contributed by atoms with Gasteiger partial charge in [-0.25, -0.2) is 13.2 Å². The summed E-state index contributed by atoms with van der Waals surface area (Å²) in [6.45, 7) is 4.08. The van der Waals surface area contributed by atoms with E-state index in [1.54, 1.807) is 11.3 Å². The molecule has 1 fully saturated rings. The number of esters is 1. The van der Waals surface area contributed by atoms with E-state index in [0.29, 0.717) is 42.8 Å². The topological polar surface area (TPSA) is 79.0 Å². The van der Waals surface area contributed by atoms with Crippen molar-refractivity contribution in [2.75, 3.05) is 44.9 Å². The quantitative estimate of drug-likeness (QED) is 0.579. The monoisotopic (exact) mass is 431 g/mol. The molecule has 2 aliphatic rings. The number of sulfonamides is 1. The molecule has 7 nitrogen and oxygen atoms in total. The molecule has 3 rings (SSSR count). The molecule has 1 atom stereocenters. The van der Waals surface area contributed by atoms with Crippen LogP contribution in [-0.2, 0) is 27.6 Å². The van der Waals surface area contributed by atoms with E-state index < -0.39 is 10.0 Å². The fourth-order valence-electron chi connectivity index (χ4n) is 3.56. The van der Waals surface area contributed by atoms with Gasteiger partial charge in [-0.2, -0.15) is 4.31 Å². The van der Waals surface area contributed by atoms with Crippen molar-refractivity contribution in [3.05, 3.63) is 16.0 Å². The number of hydrogen-bond acceptors (Lipinski definition) is 6. The van der Waals surface area contributed by atoms with Gasteiger partial charge in [-0.1, -0.05) is 6.92 Å². The van der Waals surface area contributed by atoms with Crippen LogP contribution >= 0.6 is 23.6 Å². The molecule has 0 spiro atoms. The predicted molar refractivity (Wildman–Crippen MR) is 111 cm³/mol. The summed E-state index contributed by atoms with van der Waals surface area (Å²) in [5.74, 6) is 0.264. The van der Waals surface area contributed by atoms with Crippen molar-refractivity contribution in [2.45, 2.75) is 26.2 Å². The Hall–Kier alpha value is -1.23. The minimum Gasteiger partial charge on any atom is -0.465 e. The summed E-state index contributed by atoms with van der Waals surface area (Å²) >= 11 is 7.11. The summed E-state index contributed by atoms with van der Waals surface area (Å²) in [5.41, 5.74) is 1.68. The van der Waals surface area contributed by atoms with Crippen molar-refractivity contribution >= 4 is 49.7 Å². The lowest BCUT2D eigenvalue weighted by Crippen LogP contribution is -2.51. The van der Waals surface area contributed by atoms with Crippen LogP contribution in [-0.4, -0.2) is 68.2 Å². The number of thiophene rings is 1. The lowest BCUT2D eigenvalue weighted by Gasteiger charge is -2.34. The third-order valence-corrected chi connectivity index (χ3v) is 7.95. The van der Waals surface area contributed by atoms with Crippen LogP contribution in [0.15, 0.2) is 0 Å². The van der Waals surface area contributed by atoms with Gasteiger partial charge in [0.15, 0.2) is 5.11 Å². The van der Waals surface area contributed by atoms with Crippen molar-refractivity contribution in [2.24, 2.45) is 5.92 Å². The number of rotatable bonds is 3. The lowest BCUT2D eigenvalue weighted by atomic mass is 9.88. The zero-order valence-electron chi connectivity index (χ0n) is 15.8. The number of methoxy groups -OCH3 is 1. The molecule has 1 aromatic heterocycles. The molecule has 0 radical (unpaired) electrons. The first-order valence-corrected chi connectivity index (χ1v) is 12.0. The summed E-state index contributed by atoms with van der Waals surface area (Å²) in [6, 6.07) is 0. The average molecular weight is 432 g/mol. The van der Waals surface area contributed by atoms with Gasteiger partial charge in [0, 0.05) is 31.1 Å². The van der Waals surface area contributed by atoms with E-state index in [9.17, 15) is 13.2 Å². The van der Waals surface area contributed by atoms with Crippen molar-refractivity contribution in [1.82, 2.24) is 9.21 Å². The molecule has 1 saturated heterocycles. The van der Waals surface area contributed by atoms with Gasteiger partial charge in [-0.05, 0) is 43.0 Å². The van der Waals surface area contributed by atoms with Crippen molar-refractivity contribution in [1.29, 1.82) is 0 Å². The second-order valence-corrected chi connectivity index (χ2v) is 10.6. The van der Waals surface area contributed by atoms with Gasteiger partial charge < -0.3 is 15.0 Å². The van der Waals surface area contributed by atoms with Crippen LogP contribution in [0.2, 0.25) is 0 Å². The molecule has 10 heteroatoms. The highest BCUT2D eigenvalue weighted by Crippen LogP contribution is 2.40. The predicted octanol–water partition coefficient (Wildman–Crippen LogP) is 1.93. The number of carbonyl (C=O) groups excluding carboxylic acids is 1. The highest BCUT2D eigenvalue weighted by molar-refractivity contribution is 7.88. The maximum atomic E-state index is 12.4. The molecule has 2 heterocycles. The maximum Gasteiger partial charge on any atom is 0.341 e. The number of piperazine rings is 1. The third kappa shape index (κ3) is 4.44. The van der Waals surface area contributed by atoms with Gasteiger partial charge in [0.25, 0.3) is 0 Å². The van der Waals surface area contributed by atoms with Crippen molar-refractivity contribution in [3.8, 4) is 0 Å². The molecule has 0 amide bonds. The number of nitrogens with one attached hydrogen (secondary N) is 1. The summed E-state index contributed by atoms with van der Waals surface area (Å²) in [5, 5.41) is 4.47. The van der Waals surface area contributed by atoms with E-state index in [1.165, 1.54) is 22.5 Å². The summed E-state index contributed by atoms with van der Waals surface area (Å²) in [6.07, 6.45) is 4.12. The first-order valence-electron chi connectivity index (χ1n) is 8.94. The summed E-state index contributed by atoms with van der Waals surface area (Å²) < 4.78 is 29.8. The molecule has 1 aliphatic carbocycles. The largest absolute Gasteiger partial charge is 0.465 e. The van der Waals surface area contributed by atoms with Crippen LogP contribution in [0, 0.1) is 5.92 Å². The molecule has 0 bridgehead atoms. The molecule has 150 valence electrons. The minimum absolute atomic E-state index is 0.339. The number of thiocarbonyl (C=S) groups is 1. The Labute approximate surface area is 169 Å². The molecular formula is C17H25N3O4S3. The molecule has 27 heavy (non-hydrogen) atoms. The van der Waals surface area contributed by atoms with Gasteiger partial charge in [-0.15, -0.1) is 11.3 Å². The Morgan fingerprint density at radius 3 is 2.56 bits per heavy atom. The highest BCUT2D eigenvalue weighted by Gasteiger charge is 2.30. The Bertz CT molecular complexity index is 842. The standard InChI is InChI=1S/C17H25N3O4S3/c1-11-4-5-12-13(10-11)26-15(14(12)16(21)24-2)18-17(25)19-6-8-20(9-7-19)27(3,22)23/h11H,4-10H2,1-3H3,(H,18,25). The van der Waals surface area contributed by atoms with Gasteiger partial charge in [0.2, 0.25) is 10.0 Å². The summed E-state index contributed by atoms with van der Waals surface area (Å²) in [4.78, 5) is 15.5. The Morgan fingerprint density at radius 2 is 1.96 bits per heavy atom.